The molecule has 3 heterocycles. The molecule has 3 aromatic rings. The fourth-order valence-electron chi connectivity index (χ4n) is 2.77. The van der Waals surface area contributed by atoms with Gasteiger partial charge in [-0.1, -0.05) is 0 Å². The minimum atomic E-state index is -0.249. The zero-order valence-electron chi connectivity index (χ0n) is 14.5. The van der Waals surface area contributed by atoms with Crippen molar-refractivity contribution in [3.05, 3.63) is 41.1 Å². The summed E-state index contributed by atoms with van der Waals surface area (Å²) in [5.41, 5.74) is 1.15. The van der Waals surface area contributed by atoms with Crippen molar-refractivity contribution in [1.82, 2.24) is 24.5 Å². The molecule has 3 rings (SSSR count). The van der Waals surface area contributed by atoms with Gasteiger partial charge in [0.15, 0.2) is 5.65 Å². The van der Waals surface area contributed by atoms with Crippen LogP contribution >= 0.6 is 11.8 Å². The summed E-state index contributed by atoms with van der Waals surface area (Å²) in [6.45, 7) is 0.173. The maximum absolute atomic E-state index is 12.6. The lowest BCUT2D eigenvalue weighted by molar-refractivity contribution is -0.122. The standard InChI is InChI=1S/C17H21N5O3S/c1-26-9-5-12(11-23)20-16(24)4-8-21-7-3-14-13(17(21)25)10-18-15-2-6-19-22(14)15/h2-3,6-7,10,12,23H,4-5,8-9,11H2,1H3,(H,20,24)/t12-/m1/s1. The molecule has 0 aromatic carbocycles. The molecule has 0 aliphatic heterocycles. The number of amides is 1. The van der Waals surface area contributed by atoms with E-state index in [2.05, 4.69) is 15.4 Å². The highest BCUT2D eigenvalue weighted by atomic mass is 32.2. The Kier molecular flexibility index (Phi) is 5.89. The number of aromatic nitrogens is 4. The van der Waals surface area contributed by atoms with Crippen molar-refractivity contribution >= 4 is 34.2 Å². The van der Waals surface area contributed by atoms with E-state index in [1.807, 2.05) is 6.26 Å². The van der Waals surface area contributed by atoms with Gasteiger partial charge in [0.1, 0.15) is 0 Å². The molecule has 0 aliphatic carbocycles. The second-order valence-corrected chi connectivity index (χ2v) is 6.94. The number of carbonyl (C=O) groups is 1. The number of rotatable bonds is 8. The van der Waals surface area contributed by atoms with Crippen LogP contribution in [-0.4, -0.2) is 54.8 Å². The summed E-state index contributed by atoms with van der Waals surface area (Å²) >= 11 is 1.67. The molecular formula is C17H21N5O3S. The van der Waals surface area contributed by atoms with Crippen LogP contribution in [0.3, 0.4) is 0 Å². The zero-order chi connectivity index (χ0) is 18.5. The van der Waals surface area contributed by atoms with Crippen LogP contribution in [0, 0.1) is 0 Å². The lowest BCUT2D eigenvalue weighted by Crippen LogP contribution is -2.38. The van der Waals surface area contributed by atoms with E-state index in [9.17, 15) is 14.7 Å². The van der Waals surface area contributed by atoms with Crippen LogP contribution in [0.4, 0.5) is 0 Å². The van der Waals surface area contributed by atoms with Gasteiger partial charge >= 0.3 is 0 Å². The molecule has 0 saturated carbocycles. The molecule has 1 amide bonds. The van der Waals surface area contributed by atoms with Crippen molar-refractivity contribution in [2.45, 2.75) is 25.4 Å². The van der Waals surface area contributed by atoms with E-state index < -0.39 is 0 Å². The van der Waals surface area contributed by atoms with Gasteiger partial charge in [-0.05, 0) is 24.5 Å². The minimum absolute atomic E-state index is 0.0895. The van der Waals surface area contributed by atoms with Crippen molar-refractivity contribution in [2.75, 3.05) is 18.6 Å². The number of thioether (sulfide) groups is 1. The summed E-state index contributed by atoms with van der Waals surface area (Å²) in [5, 5.41) is 16.8. The molecule has 0 spiro atoms. The largest absolute Gasteiger partial charge is 0.394 e. The fraction of sp³-hybridized carbons (Fsp3) is 0.412. The summed E-state index contributed by atoms with van der Waals surface area (Å²) in [5.74, 6) is 0.683. The van der Waals surface area contributed by atoms with Crippen molar-refractivity contribution in [2.24, 2.45) is 0 Å². The molecule has 1 atom stereocenters. The van der Waals surface area contributed by atoms with Gasteiger partial charge in [0.05, 0.1) is 29.7 Å². The van der Waals surface area contributed by atoms with Crippen molar-refractivity contribution in [3.63, 3.8) is 0 Å². The maximum atomic E-state index is 12.6. The smallest absolute Gasteiger partial charge is 0.261 e. The Bertz CT molecular complexity index is 968. The predicted molar refractivity (Wildman–Crippen MR) is 101 cm³/mol. The number of aliphatic hydroxyl groups is 1. The number of carbonyl (C=O) groups excluding carboxylic acids is 1. The fourth-order valence-corrected chi connectivity index (χ4v) is 3.29. The topological polar surface area (TPSA) is 102 Å². The maximum Gasteiger partial charge on any atom is 0.261 e. The molecule has 0 saturated heterocycles. The number of aliphatic hydroxyl groups excluding tert-OH is 1. The lowest BCUT2D eigenvalue weighted by Gasteiger charge is -2.16. The quantitative estimate of drug-likeness (QED) is 0.600. The lowest BCUT2D eigenvalue weighted by atomic mass is 10.2. The number of fused-ring (bicyclic) bond motifs is 3. The second-order valence-electron chi connectivity index (χ2n) is 5.95. The van der Waals surface area contributed by atoms with Crippen molar-refractivity contribution in [1.29, 1.82) is 0 Å². The third kappa shape index (κ3) is 3.88. The van der Waals surface area contributed by atoms with E-state index in [1.54, 1.807) is 40.8 Å². The van der Waals surface area contributed by atoms with E-state index in [1.165, 1.54) is 10.8 Å². The Morgan fingerprint density at radius 2 is 2.27 bits per heavy atom. The molecular weight excluding hydrogens is 354 g/mol. The zero-order valence-corrected chi connectivity index (χ0v) is 15.3. The van der Waals surface area contributed by atoms with Crippen LogP contribution in [0.1, 0.15) is 12.8 Å². The second kappa shape index (κ2) is 8.33. The summed E-state index contributed by atoms with van der Waals surface area (Å²) in [6, 6.07) is 3.32. The molecule has 9 heteroatoms. The first kappa shape index (κ1) is 18.4. The Morgan fingerprint density at radius 1 is 1.42 bits per heavy atom. The van der Waals surface area contributed by atoms with E-state index in [0.29, 0.717) is 23.0 Å². The first-order valence-corrected chi connectivity index (χ1v) is 9.74. The molecule has 2 N–H and O–H groups in total. The molecule has 0 fully saturated rings. The molecule has 8 nitrogen and oxygen atoms in total. The van der Waals surface area contributed by atoms with E-state index in [4.69, 9.17) is 0 Å². The van der Waals surface area contributed by atoms with Crippen LogP contribution in [0.15, 0.2) is 35.5 Å². The third-order valence-electron chi connectivity index (χ3n) is 4.19. The number of pyridine rings is 1. The molecule has 0 bridgehead atoms. The van der Waals surface area contributed by atoms with Crippen LogP contribution < -0.4 is 10.9 Å². The molecule has 138 valence electrons. The van der Waals surface area contributed by atoms with Crippen LogP contribution in [0.25, 0.3) is 16.6 Å². The van der Waals surface area contributed by atoms with Gasteiger partial charge in [0.2, 0.25) is 5.91 Å². The Morgan fingerprint density at radius 3 is 3.04 bits per heavy atom. The summed E-state index contributed by atoms with van der Waals surface area (Å²) in [7, 11) is 0. The van der Waals surface area contributed by atoms with Gasteiger partial charge in [-0.15, -0.1) is 0 Å². The van der Waals surface area contributed by atoms with E-state index >= 15 is 0 Å². The van der Waals surface area contributed by atoms with Gasteiger partial charge in [-0.2, -0.15) is 16.9 Å². The number of nitrogens with zero attached hydrogens (tertiary/aromatic N) is 4. The Labute approximate surface area is 154 Å². The summed E-state index contributed by atoms with van der Waals surface area (Å²) in [6.07, 6.45) is 7.69. The third-order valence-corrected chi connectivity index (χ3v) is 4.84. The van der Waals surface area contributed by atoms with Gasteiger partial charge in [-0.25, -0.2) is 9.50 Å². The Balaban J connectivity index is 1.71. The first-order valence-electron chi connectivity index (χ1n) is 8.35. The van der Waals surface area contributed by atoms with Gasteiger partial charge in [-0.3, -0.25) is 9.59 Å². The van der Waals surface area contributed by atoms with Crippen LogP contribution in [0.5, 0.6) is 0 Å². The summed E-state index contributed by atoms with van der Waals surface area (Å²) in [4.78, 5) is 29.0. The van der Waals surface area contributed by atoms with E-state index in [0.717, 1.165) is 5.75 Å². The average molecular weight is 375 g/mol. The number of aryl methyl sites for hydroxylation is 1. The van der Waals surface area contributed by atoms with Gasteiger partial charge in [0.25, 0.3) is 5.56 Å². The number of hydrogen-bond acceptors (Lipinski definition) is 6. The van der Waals surface area contributed by atoms with Crippen LogP contribution in [0.2, 0.25) is 0 Å². The van der Waals surface area contributed by atoms with Crippen LogP contribution in [-0.2, 0) is 11.3 Å². The first-order chi connectivity index (χ1) is 12.6. The highest BCUT2D eigenvalue weighted by Gasteiger charge is 2.12. The highest BCUT2D eigenvalue weighted by Crippen LogP contribution is 2.10. The highest BCUT2D eigenvalue weighted by molar-refractivity contribution is 7.98. The average Bonchev–Trinajstić information content (AvgIpc) is 3.13. The van der Waals surface area contributed by atoms with Gasteiger partial charge < -0.3 is 15.0 Å². The molecule has 0 unspecified atom stereocenters. The van der Waals surface area contributed by atoms with Crippen molar-refractivity contribution in [3.8, 4) is 0 Å². The molecule has 3 aromatic heterocycles. The molecule has 0 radical (unpaired) electrons. The van der Waals surface area contributed by atoms with Gasteiger partial charge in [0, 0.05) is 31.4 Å². The van der Waals surface area contributed by atoms with E-state index in [-0.39, 0.29) is 37.1 Å². The predicted octanol–water partition coefficient (Wildman–Crippen LogP) is 0.664. The number of hydrogen-bond donors (Lipinski definition) is 2. The summed E-state index contributed by atoms with van der Waals surface area (Å²) < 4.78 is 3.11. The minimum Gasteiger partial charge on any atom is -0.394 e. The SMILES string of the molecule is CSCC[C@H](CO)NC(=O)CCn1ccc2c(cnc3ccnn32)c1=O. The Hall–Kier alpha value is -2.39. The molecule has 26 heavy (non-hydrogen) atoms. The van der Waals surface area contributed by atoms with Crippen molar-refractivity contribution < 1.29 is 9.90 Å². The molecule has 0 aliphatic rings. The normalized spacial score (nSPS) is 12.5. The number of nitrogens with one attached hydrogen (secondary N) is 1. The monoisotopic (exact) mass is 375 g/mol.